The second kappa shape index (κ2) is 4.53. The molecular formula is C12H13ClN2S. The van der Waals surface area contributed by atoms with Crippen LogP contribution >= 0.6 is 22.9 Å². The van der Waals surface area contributed by atoms with Crippen molar-refractivity contribution in [3.8, 4) is 0 Å². The molecule has 84 valence electrons. The number of aromatic nitrogens is 1. The minimum atomic E-state index is -0.378. The van der Waals surface area contributed by atoms with Crippen LogP contribution in [0, 0.1) is 0 Å². The number of rotatable bonds is 3. The van der Waals surface area contributed by atoms with Crippen molar-refractivity contribution in [2.75, 3.05) is 0 Å². The highest BCUT2D eigenvalue weighted by Crippen LogP contribution is 2.25. The SMILES string of the molecule is CC(N)(Cc1cncs1)c1ccc(Cl)cc1. The summed E-state index contributed by atoms with van der Waals surface area (Å²) in [6.45, 7) is 2.02. The molecule has 2 aromatic rings. The van der Waals surface area contributed by atoms with E-state index in [9.17, 15) is 0 Å². The Labute approximate surface area is 104 Å². The molecule has 0 radical (unpaired) electrons. The van der Waals surface area contributed by atoms with E-state index in [1.54, 1.807) is 11.3 Å². The Bertz CT molecular complexity index is 448. The van der Waals surface area contributed by atoms with Gasteiger partial charge < -0.3 is 5.73 Å². The largest absolute Gasteiger partial charge is 0.321 e. The zero-order valence-corrected chi connectivity index (χ0v) is 10.6. The maximum Gasteiger partial charge on any atom is 0.0794 e. The lowest BCUT2D eigenvalue weighted by Crippen LogP contribution is -2.35. The molecule has 1 aromatic carbocycles. The molecule has 1 unspecified atom stereocenters. The maximum atomic E-state index is 6.32. The van der Waals surface area contributed by atoms with E-state index in [1.807, 2.05) is 42.9 Å². The smallest absolute Gasteiger partial charge is 0.0794 e. The van der Waals surface area contributed by atoms with E-state index in [4.69, 9.17) is 17.3 Å². The average Bonchev–Trinajstić information content (AvgIpc) is 2.70. The van der Waals surface area contributed by atoms with Gasteiger partial charge >= 0.3 is 0 Å². The molecule has 0 aliphatic carbocycles. The zero-order chi connectivity index (χ0) is 11.6. The fraction of sp³-hybridized carbons (Fsp3) is 0.250. The summed E-state index contributed by atoms with van der Waals surface area (Å²) in [5.74, 6) is 0. The number of hydrogen-bond donors (Lipinski definition) is 1. The third kappa shape index (κ3) is 2.61. The fourth-order valence-electron chi connectivity index (χ4n) is 1.62. The zero-order valence-electron chi connectivity index (χ0n) is 8.98. The van der Waals surface area contributed by atoms with Crippen LogP contribution in [-0.4, -0.2) is 4.98 Å². The summed E-state index contributed by atoms with van der Waals surface area (Å²) in [6, 6.07) is 7.69. The van der Waals surface area contributed by atoms with E-state index < -0.39 is 0 Å². The molecule has 0 saturated heterocycles. The Morgan fingerprint density at radius 1 is 1.38 bits per heavy atom. The third-order valence-corrected chi connectivity index (χ3v) is 3.56. The highest BCUT2D eigenvalue weighted by Gasteiger charge is 2.22. The molecular weight excluding hydrogens is 240 g/mol. The predicted molar refractivity (Wildman–Crippen MR) is 68.8 cm³/mol. The van der Waals surface area contributed by atoms with Crippen LogP contribution in [0.4, 0.5) is 0 Å². The molecule has 2 N–H and O–H groups in total. The first-order valence-corrected chi connectivity index (χ1v) is 6.26. The van der Waals surface area contributed by atoms with E-state index in [0.717, 1.165) is 17.0 Å². The lowest BCUT2D eigenvalue weighted by atomic mass is 9.89. The first-order valence-electron chi connectivity index (χ1n) is 5.00. The van der Waals surface area contributed by atoms with Gasteiger partial charge in [0, 0.05) is 28.1 Å². The van der Waals surface area contributed by atoms with E-state index in [2.05, 4.69) is 4.98 Å². The number of hydrogen-bond acceptors (Lipinski definition) is 3. The monoisotopic (exact) mass is 252 g/mol. The van der Waals surface area contributed by atoms with Crippen LogP contribution in [-0.2, 0) is 12.0 Å². The molecule has 4 heteroatoms. The molecule has 16 heavy (non-hydrogen) atoms. The lowest BCUT2D eigenvalue weighted by Gasteiger charge is -2.24. The van der Waals surface area contributed by atoms with Gasteiger partial charge in [-0.1, -0.05) is 23.7 Å². The number of thiazole rings is 1. The summed E-state index contributed by atoms with van der Waals surface area (Å²) in [5.41, 5.74) is 8.85. The second-order valence-corrected chi connectivity index (χ2v) is 5.48. The Morgan fingerprint density at radius 2 is 2.06 bits per heavy atom. The second-order valence-electron chi connectivity index (χ2n) is 4.07. The Hall–Kier alpha value is -0.900. The third-order valence-electron chi connectivity index (χ3n) is 2.53. The molecule has 0 fully saturated rings. The molecule has 0 bridgehead atoms. The number of nitrogens with two attached hydrogens (primary N) is 1. The van der Waals surface area contributed by atoms with Crippen LogP contribution in [0.5, 0.6) is 0 Å². The Kier molecular flexibility index (Phi) is 3.28. The summed E-state index contributed by atoms with van der Waals surface area (Å²) in [6.07, 6.45) is 2.66. The van der Waals surface area contributed by atoms with E-state index >= 15 is 0 Å². The van der Waals surface area contributed by atoms with Crippen LogP contribution in [0.3, 0.4) is 0 Å². The molecule has 0 amide bonds. The van der Waals surface area contributed by atoms with Crippen molar-refractivity contribution in [2.45, 2.75) is 18.9 Å². The Balaban J connectivity index is 2.21. The van der Waals surface area contributed by atoms with Crippen LogP contribution < -0.4 is 5.73 Å². The molecule has 0 aliphatic heterocycles. The van der Waals surface area contributed by atoms with Gasteiger partial charge in [-0.25, -0.2) is 0 Å². The summed E-state index contributed by atoms with van der Waals surface area (Å²) in [4.78, 5) is 5.25. The van der Waals surface area contributed by atoms with Gasteiger partial charge in [-0.05, 0) is 24.6 Å². The van der Waals surface area contributed by atoms with Crippen molar-refractivity contribution in [3.05, 3.63) is 51.4 Å². The van der Waals surface area contributed by atoms with Crippen molar-refractivity contribution >= 4 is 22.9 Å². The van der Waals surface area contributed by atoms with Gasteiger partial charge in [-0.15, -0.1) is 11.3 Å². The van der Waals surface area contributed by atoms with E-state index in [1.165, 1.54) is 4.88 Å². The molecule has 0 spiro atoms. The first-order chi connectivity index (χ1) is 7.58. The van der Waals surface area contributed by atoms with Gasteiger partial charge in [0.2, 0.25) is 0 Å². The molecule has 1 aromatic heterocycles. The number of benzene rings is 1. The van der Waals surface area contributed by atoms with Crippen molar-refractivity contribution in [1.29, 1.82) is 0 Å². The van der Waals surface area contributed by atoms with Gasteiger partial charge in [0.1, 0.15) is 0 Å². The highest BCUT2D eigenvalue weighted by molar-refractivity contribution is 7.09. The van der Waals surface area contributed by atoms with Crippen LogP contribution in [0.1, 0.15) is 17.4 Å². The first kappa shape index (κ1) is 11.6. The van der Waals surface area contributed by atoms with Gasteiger partial charge in [-0.2, -0.15) is 0 Å². The molecule has 0 aliphatic rings. The van der Waals surface area contributed by atoms with E-state index in [0.29, 0.717) is 0 Å². The molecule has 1 heterocycles. The molecule has 2 rings (SSSR count). The standard InChI is InChI=1S/C12H13ClN2S/c1-12(14,6-11-7-15-8-16-11)9-2-4-10(13)5-3-9/h2-5,7-8H,6,14H2,1H3. The molecule has 2 nitrogen and oxygen atoms in total. The topological polar surface area (TPSA) is 38.9 Å². The lowest BCUT2D eigenvalue weighted by molar-refractivity contribution is 0.495. The molecule has 1 atom stereocenters. The van der Waals surface area contributed by atoms with Crippen molar-refractivity contribution in [1.82, 2.24) is 4.98 Å². The normalized spacial score (nSPS) is 14.7. The summed E-state index contributed by atoms with van der Waals surface area (Å²) < 4.78 is 0. The number of halogens is 1. The van der Waals surface area contributed by atoms with Gasteiger partial charge in [0.05, 0.1) is 5.51 Å². The van der Waals surface area contributed by atoms with Gasteiger partial charge in [0.15, 0.2) is 0 Å². The minimum absolute atomic E-state index is 0.378. The fourth-order valence-corrected chi connectivity index (χ4v) is 2.51. The van der Waals surface area contributed by atoms with Crippen LogP contribution in [0.25, 0.3) is 0 Å². The summed E-state index contributed by atoms with van der Waals surface area (Å²) in [5, 5.41) is 0.734. The predicted octanol–water partition coefficient (Wildman–Crippen LogP) is 3.21. The molecule has 0 saturated carbocycles. The van der Waals surface area contributed by atoms with Gasteiger partial charge in [0.25, 0.3) is 0 Å². The average molecular weight is 253 g/mol. The number of nitrogens with zero attached hydrogens (tertiary/aromatic N) is 1. The highest BCUT2D eigenvalue weighted by atomic mass is 35.5. The Morgan fingerprint density at radius 3 is 2.62 bits per heavy atom. The van der Waals surface area contributed by atoms with Crippen molar-refractivity contribution < 1.29 is 0 Å². The van der Waals surface area contributed by atoms with Crippen molar-refractivity contribution in [3.63, 3.8) is 0 Å². The summed E-state index contributed by atoms with van der Waals surface area (Å²) >= 11 is 7.49. The van der Waals surface area contributed by atoms with Crippen LogP contribution in [0.2, 0.25) is 5.02 Å². The van der Waals surface area contributed by atoms with Gasteiger partial charge in [-0.3, -0.25) is 4.98 Å². The van der Waals surface area contributed by atoms with E-state index in [-0.39, 0.29) is 5.54 Å². The van der Waals surface area contributed by atoms with Crippen molar-refractivity contribution in [2.24, 2.45) is 5.73 Å². The summed E-state index contributed by atoms with van der Waals surface area (Å²) in [7, 11) is 0. The minimum Gasteiger partial charge on any atom is -0.321 e. The maximum absolute atomic E-state index is 6.32. The van der Waals surface area contributed by atoms with Crippen LogP contribution in [0.15, 0.2) is 36.0 Å². The quantitative estimate of drug-likeness (QED) is 0.911.